The molecule has 32 heavy (non-hydrogen) atoms. The van der Waals surface area contributed by atoms with E-state index in [9.17, 15) is 17.6 Å². The maximum atomic E-state index is 14.5. The Kier molecular flexibility index (Phi) is 5.97. The Balaban J connectivity index is 2.00. The Labute approximate surface area is 194 Å². The van der Waals surface area contributed by atoms with Crippen LogP contribution in [-0.4, -0.2) is 14.9 Å². The smallest absolute Gasteiger partial charge is 0.355 e. The maximum Gasteiger partial charge on any atom is 0.434 e. The third-order valence-electron chi connectivity index (χ3n) is 4.59. The van der Waals surface area contributed by atoms with E-state index in [2.05, 4.69) is 22.9 Å². The molecule has 0 aliphatic heterocycles. The van der Waals surface area contributed by atoms with Crippen LogP contribution in [-0.2, 0) is 6.18 Å². The second-order valence-corrected chi connectivity index (χ2v) is 7.95. The van der Waals surface area contributed by atoms with E-state index in [0.717, 1.165) is 12.3 Å². The first-order chi connectivity index (χ1) is 15.1. The molecule has 0 saturated carbocycles. The molecular formula is C20H12Cl2F4N4OS. The van der Waals surface area contributed by atoms with E-state index in [1.54, 1.807) is 6.07 Å². The van der Waals surface area contributed by atoms with Crippen LogP contribution in [0.15, 0.2) is 53.2 Å². The second-order valence-electron chi connectivity index (χ2n) is 6.58. The highest BCUT2D eigenvalue weighted by molar-refractivity contribution is 7.80. The van der Waals surface area contributed by atoms with Gasteiger partial charge in [0.2, 0.25) is 0 Å². The van der Waals surface area contributed by atoms with Crippen molar-refractivity contribution in [2.75, 3.05) is 0 Å². The molecule has 2 aromatic heterocycles. The van der Waals surface area contributed by atoms with E-state index in [4.69, 9.17) is 33.5 Å². The van der Waals surface area contributed by atoms with E-state index in [1.165, 1.54) is 30.3 Å². The van der Waals surface area contributed by atoms with Crippen molar-refractivity contribution in [3.8, 4) is 28.3 Å². The van der Waals surface area contributed by atoms with Crippen molar-refractivity contribution in [3.63, 3.8) is 0 Å². The lowest BCUT2D eigenvalue weighted by atomic mass is 10.0. The van der Waals surface area contributed by atoms with E-state index in [1.807, 2.05) is 0 Å². The summed E-state index contributed by atoms with van der Waals surface area (Å²) in [6.07, 6.45) is -3.93. The van der Waals surface area contributed by atoms with E-state index >= 15 is 0 Å². The molecule has 0 radical (unpaired) electrons. The summed E-state index contributed by atoms with van der Waals surface area (Å²) in [7, 11) is 0. The number of para-hydroxylation sites is 1. The number of hydrogen-bond acceptors (Lipinski definition) is 5. The normalized spacial score (nSPS) is 12.9. The Hall–Kier alpha value is -2.53. The van der Waals surface area contributed by atoms with E-state index < -0.39 is 28.6 Å². The molecule has 1 atom stereocenters. The summed E-state index contributed by atoms with van der Waals surface area (Å²) in [6, 6.07) is 9.80. The van der Waals surface area contributed by atoms with Crippen molar-refractivity contribution in [3.05, 3.63) is 75.8 Å². The van der Waals surface area contributed by atoms with Crippen LogP contribution in [0.5, 0.6) is 0 Å². The number of rotatable bonds is 4. The zero-order chi connectivity index (χ0) is 23.2. The molecule has 0 fully saturated rings. The van der Waals surface area contributed by atoms with Gasteiger partial charge in [0, 0.05) is 0 Å². The van der Waals surface area contributed by atoms with Gasteiger partial charge < -0.3 is 10.3 Å². The van der Waals surface area contributed by atoms with Crippen LogP contribution >= 0.6 is 35.8 Å². The van der Waals surface area contributed by atoms with Gasteiger partial charge in [0.25, 0.3) is 0 Å². The molecule has 1 unspecified atom stereocenters. The van der Waals surface area contributed by atoms with Crippen molar-refractivity contribution >= 4 is 35.8 Å². The van der Waals surface area contributed by atoms with E-state index in [-0.39, 0.29) is 38.3 Å². The first-order valence-corrected chi connectivity index (χ1v) is 10.2. The predicted octanol–water partition coefficient (Wildman–Crippen LogP) is 6.55. The van der Waals surface area contributed by atoms with Gasteiger partial charge in [-0.15, -0.1) is 0 Å². The number of nitrogens with two attached hydrogens (primary N) is 1. The van der Waals surface area contributed by atoms with Gasteiger partial charge in [-0.1, -0.05) is 46.6 Å². The molecule has 5 nitrogen and oxygen atoms in total. The molecule has 2 aromatic carbocycles. The zero-order valence-corrected chi connectivity index (χ0v) is 18.1. The fourth-order valence-corrected chi connectivity index (χ4v) is 3.97. The highest BCUT2D eigenvalue weighted by atomic mass is 35.5. The average Bonchev–Trinajstić information content (AvgIpc) is 3.32. The molecule has 0 bridgehead atoms. The molecule has 0 amide bonds. The predicted molar refractivity (Wildman–Crippen MR) is 115 cm³/mol. The maximum absolute atomic E-state index is 14.5. The second kappa shape index (κ2) is 8.43. The molecular weight excluding hydrogens is 491 g/mol. The molecule has 4 aromatic rings. The van der Waals surface area contributed by atoms with Crippen LogP contribution in [0.3, 0.4) is 0 Å². The van der Waals surface area contributed by atoms with Crippen LogP contribution in [0, 0.1) is 5.82 Å². The minimum atomic E-state index is -4.87. The molecule has 4 rings (SSSR count). The number of nitrogens with zero attached hydrogens (tertiary/aromatic N) is 3. The number of halogens is 6. The summed E-state index contributed by atoms with van der Waals surface area (Å²) in [4.78, 5) is 0. The number of thiol groups is 1. The van der Waals surface area contributed by atoms with Crippen LogP contribution in [0.1, 0.15) is 16.6 Å². The van der Waals surface area contributed by atoms with Gasteiger partial charge in [-0.2, -0.15) is 30.9 Å². The highest BCUT2D eigenvalue weighted by Crippen LogP contribution is 2.45. The van der Waals surface area contributed by atoms with Crippen LogP contribution in [0.25, 0.3) is 28.3 Å². The standard InChI is InChI=1S/C20H12Cl2F4N4OS/c21-10-4-1-2-7-13(10)30-18(20(24,25)26)9(8-28-30)17-15(19(27)32)16(29-31-17)14-11(22)5-3-6-12(14)23/h1-8,19,32H,27H2. The first kappa shape index (κ1) is 22.7. The van der Waals surface area contributed by atoms with Crippen molar-refractivity contribution in [2.45, 2.75) is 11.6 Å². The van der Waals surface area contributed by atoms with Crippen molar-refractivity contribution < 1.29 is 22.1 Å². The lowest BCUT2D eigenvalue weighted by Gasteiger charge is -2.14. The molecule has 0 aliphatic carbocycles. The molecule has 0 spiro atoms. The zero-order valence-electron chi connectivity index (χ0n) is 15.7. The summed E-state index contributed by atoms with van der Waals surface area (Å²) in [5.41, 5.74) is 3.85. The van der Waals surface area contributed by atoms with Crippen LogP contribution < -0.4 is 5.73 Å². The quantitative estimate of drug-likeness (QED) is 0.188. The summed E-state index contributed by atoms with van der Waals surface area (Å²) >= 11 is 16.3. The number of alkyl halides is 3. The Morgan fingerprint density at radius 1 is 1.06 bits per heavy atom. The fourth-order valence-electron chi connectivity index (χ4n) is 3.26. The molecule has 2 heterocycles. The number of hydrogen-bond donors (Lipinski definition) is 2. The Morgan fingerprint density at radius 3 is 2.38 bits per heavy atom. The molecule has 0 aliphatic rings. The Bertz CT molecular complexity index is 1280. The van der Waals surface area contributed by atoms with Gasteiger partial charge >= 0.3 is 6.18 Å². The van der Waals surface area contributed by atoms with Crippen LogP contribution in [0.2, 0.25) is 10.0 Å². The average molecular weight is 503 g/mol. The molecule has 0 saturated heterocycles. The topological polar surface area (TPSA) is 69.9 Å². The monoisotopic (exact) mass is 502 g/mol. The summed E-state index contributed by atoms with van der Waals surface area (Å²) < 4.78 is 62.8. The van der Waals surface area contributed by atoms with Gasteiger partial charge in [0.05, 0.1) is 44.0 Å². The summed E-state index contributed by atoms with van der Waals surface area (Å²) in [6.45, 7) is 0. The largest absolute Gasteiger partial charge is 0.434 e. The fraction of sp³-hybridized carbons (Fsp3) is 0.100. The van der Waals surface area contributed by atoms with Crippen molar-refractivity contribution in [1.29, 1.82) is 0 Å². The highest BCUT2D eigenvalue weighted by Gasteiger charge is 2.41. The minimum Gasteiger partial charge on any atom is -0.355 e. The summed E-state index contributed by atoms with van der Waals surface area (Å²) in [5.74, 6) is -1.12. The van der Waals surface area contributed by atoms with Gasteiger partial charge in [-0.05, 0) is 24.3 Å². The van der Waals surface area contributed by atoms with Crippen molar-refractivity contribution in [2.24, 2.45) is 5.73 Å². The SMILES string of the molecule is NC(S)c1c(-c2c(F)cccc2Cl)noc1-c1cnn(-c2ccccc2Cl)c1C(F)(F)F. The lowest BCUT2D eigenvalue weighted by molar-refractivity contribution is -0.142. The molecule has 2 N–H and O–H groups in total. The molecule has 12 heteroatoms. The number of benzene rings is 2. The first-order valence-electron chi connectivity index (χ1n) is 8.89. The summed E-state index contributed by atoms with van der Waals surface area (Å²) in [5, 5.41) is 6.49. The minimum absolute atomic E-state index is 0.00125. The van der Waals surface area contributed by atoms with E-state index in [0.29, 0.717) is 4.68 Å². The van der Waals surface area contributed by atoms with Crippen LogP contribution in [0.4, 0.5) is 17.6 Å². The van der Waals surface area contributed by atoms with Crippen molar-refractivity contribution in [1.82, 2.24) is 14.9 Å². The third kappa shape index (κ3) is 3.88. The molecule has 166 valence electrons. The van der Waals surface area contributed by atoms with Gasteiger partial charge in [0.1, 0.15) is 11.5 Å². The Morgan fingerprint density at radius 2 is 1.75 bits per heavy atom. The lowest BCUT2D eigenvalue weighted by Crippen LogP contribution is -2.15. The van der Waals surface area contributed by atoms with Gasteiger partial charge in [-0.25, -0.2) is 9.07 Å². The van der Waals surface area contributed by atoms with Gasteiger partial charge in [-0.3, -0.25) is 0 Å². The van der Waals surface area contributed by atoms with Gasteiger partial charge in [0.15, 0.2) is 11.5 Å². The number of aromatic nitrogens is 3. The third-order valence-corrected chi connectivity index (χ3v) is 5.48.